The van der Waals surface area contributed by atoms with Crippen LogP contribution in [-0.2, 0) is 4.79 Å². The van der Waals surface area contributed by atoms with Gasteiger partial charge in [-0.2, -0.15) is 0 Å². The summed E-state index contributed by atoms with van der Waals surface area (Å²) in [6, 6.07) is 20.9. The molecule has 0 aromatic heterocycles. The Labute approximate surface area is 146 Å². The van der Waals surface area contributed by atoms with Crippen LogP contribution in [0.15, 0.2) is 60.7 Å². The summed E-state index contributed by atoms with van der Waals surface area (Å²) in [5.74, 6) is 0.243. The highest BCUT2D eigenvalue weighted by Crippen LogP contribution is 2.27. The van der Waals surface area contributed by atoms with E-state index in [0.717, 1.165) is 6.42 Å². The van der Waals surface area contributed by atoms with E-state index >= 15 is 0 Å². The molecule has 0 aliphatic heterocycles. The SMILES string of the molecule is CCCCCC(C)NC(=O)CC(c1ccccc1)c1ccccc1. The van der Waals surface area contributed by atoms with Crippen molar-refractivity contribution < 1.29 is 4.79 Å². The first kappa shape index (κ1) is 18.3. The molecule has 24 heavy (non-hydrogen) atoms. The molecular formula is C22H29NO. The molecule has 0 spiro atoms. The lowest BCUT2D eigenvalue weighted by molar-refractivity contribution is -0.121. The summed E-state index contributed by atoms with van der Waals surface area (Å²) in [5.41, 5.74) is 2.38. The second-order valence-electron chi connectivity index (χ2n) is 6.54. The maximum absolute atomic E-state index is 12.5. The molecule has 2 rings (SSSR count). The summed E-state index contributed by atoms with van der Waals surface area (Å²) < 4.78 is 0. The number of rotatable bonds is 9. The Bertz CT molecular complexity index is 554. The number of hydrogen-bond acceptors (Lipinski definition) is 1. The van der Waals surface area contributed by atoms with Crippen molar-refractivity contribution in [3.63, 3.8) is 0 Å². The van der Waals surface area contributed by atoms with Gasteiger partial charge in [-0.25, -0.2) is 0 Å². The standard InChI is InChI=1S/C22H29NO/c1-3-4-7-12-18(2)23-22(24)17-21(19-13-8-5-9-14-19)20-15-10-6-11-16-20/h5-6,8-11,13-16,18,21H,3-4,7,12,17H2,1-2H3,(H,23,24). The lowest BCUT2D eigenvalue weighted by Crippen LogP contribution is -2.33. The Hall–Kier alpha value is -2.09. The van der Waals surface area contributed by atoms with Crippen LogP contribution in [-0.4, -0.2) is 11.9 Å². The number of nitrogens with one attached hydrogen (secondary N) is 1. The monoisotopic (exact) mass is 323 g/mol. The number of amides is 1. The molecule has 0 aliphatic rings. The first-order valence-electron chi connectivity index (χ1n) is 9.10. The molecule has 0 radical (unpaired) electrons. The number of carbonyl (C=O) groups is 1. The van der Waals surface area contributed by atoms with Gasteiger partial charge in [0.2, 0.25) is 5.91 Å². The highest BCUT2D eigenvalue weighted by molar-refractivity contribution is 5.77. The third-order valence-corrected chi connectivity index (χ3v) is 4.44. The number of benzene rings is 2. The minimum atomic E-state index is 0.107. The zero-order valence-corrected chi connectivity index (χ0v) is 14.9. The van der Waals surface area contributed by atoms with Gasteiger partial charge in [-0.05, 0) is 24.5 Å². The third kappa shape index (κ3) is 5.84. The highest BCUT2D eigenvalue weighted by atomic mass is 16.1. The van der Waals surface area contributed by atoms with Crippen LogP contribution in [0.25, 0.3) is 0 Å². The van der Waals surface area contributed by atoms with Crippen LogP contribution in [0, 0.1) is 0 Å². The average Bonchev–Trinajstić information content (AvgIpc) is 2.61. The molecule has 1 N–H and O–H groups in total. The normalized spacial score (nSPS) is 12.1. The van der Waals surface area contributed by atoms with Crippen LogP contribution in [0.5, 0.6) is 0 Å². The Morgan fingerprint density at radius 2 is 1.46 bits per heavy atom. The van der Waals surface area contributed by atoms with E-state index in [1.165, 1.54) is 30.4 Å². The Balaban J connectivity index is 2.02. The molecule has 1 atom stereocenters. The molecule has 0 fully saturated rings. The molecule has 2 heteroatoms. The molecule has 1 amide bonds. The van der Waals surface area contributed by atoms with E-state index in [1.807, 2.05) is 36.4 Å². The van der Waals surface area contributed by atoms with Crippen molar-refractivity contribution in [3.8, 4) is 0 Å². The van der Waals surface area contributed by atoms with Gasteiger partial charge in [0.1, 0.15) is 0 Å². The fourth-order valence-corrected chi connectivity index (χ4v) is 3.09. The summed E-state index contributed by atoms with van der Waals surface area (Å²) in [4.78, 5) is 12.5. The predicted octanol–water partition coefficient (Wildman–Crippen LogP) is 5.29. The smallest absolute Gasteiger partial charge is 0.221 e. The fraction of sp³-hybridized carbons (Fsp3) is 0.409. The summed E-state index contributed by atoms with van der Waals surface area (Å²) in [5, 5.41) is 3.17. The van der Waals surface area contributed by atoms with E-state index in [0.29, 0.717) is 6.42 Å². The maximum Gasteiger partial charge on any atom is 0.221 e. The zero-order valence-electron chi connectivity index (χ0n) is 14.9. The zero-order chi connectivity index (χ0) is 17.2. The second-order valence-corrected chi connectivity index (χ2v) is 6.54. The Kier molecular flexibility index (Phi) is 7.54. The number of carbonyl (C=O) groups excluding carboxylic acids is 1. The van der Waals surface area contributed by atoms with Gasteiger partial charge in [0, 0.05) is 18.4 Å². The van der Waals surface area contributed by atoms with Crippen LogP contribution in [0.2, 0.25) is 0 Å². The van der Waals surface area contributed by atoms with Crippen molar-refractivity contribution in [2.75, 3.05) is 0 Å². The molecule has 0 saturated carbocycles. The highest BCUT2D eigenvalue weighted by Gasteiger charge is 2.18. The molecule has 1 unspecified atom stereocenters. The molecule has 2 aromatic carbocycles. The largest absolute Gasteiger partial charge is 0.354 e. The van der Waals surface area contributed by atoms with E-state index in [-0.39, 0.29) is 17.9 Å². The predicted molar refractivity (Wildman–Crippen MR) is 101 cm³/mol. The lowest BCUT2D eigenvalue weighted by atomic mass is 9.88. The molecule has 0 aliphatic carbocycles. The van der Waals surface area contributed by atoms with Gasteiger partial charge in [-0.3, -0.25) is 4.79 Å². The van der Waals surface area contributed by atoms with E-state index in [1.54, 1.807) is 0 Å². The van der Waals surface area contributed by atoms with E-state index < -0.39 is 0 Å². The van der Waals surface area contributed by atoms with Gasteiger partial charge >= 0.3 is 0 Å². The minimum Gasteiger partial charge on any atom is -0.354 e. The van der Waals surface area contributed by atoms with Crippen molar-refractivity contribution >= 4 is 5.91 Å². The average molecular weight is 323 g/mol. The first-order valence-corrected chi connectivity index (χ1v) is 9.10. The molecule has 0 saturated heterocycles. The van der Waals surface area contributed by atoms with Crippen LogP contribution < -0.4 is 5.32 Å². The van der Waals surface area contributed by atoms with Gasteiger partial charge in [0.15, 0.2) is 0 Å². The summed E-state index contributed by atoms with van der Waals surface area (Å²) in [7, 11) is 0. The number of unbranched alkanes of at least 4 members (excludes halogenated alkanes) is 2. The topological polar surface area (TPSA) is 29.1 Å². The Morgan fingerprint density at radius 1 is 0.917 bits per heavy atom. The van der Waals surface area contributed by atoms with Crippen LogP contribution >= 0.6 is 0 Å². The molecule has 2 nitrogen and oxygen atoms in total. The summed E-state index contributed by atoms with van der Waals surface area (Å²) >= 11 is 0. The van der Waals surface area contributed by atoms with Crippen molar-refractivity contribution in [2.45, 2.75) is 57.9 Å². The summed E-state index contributed by atoms with van der Waals surface area (Å²) in [6.07, 6.45) is 5.17. The molecule has 0 bridgehead atoms. The quantitative estimate of drug-likeness (QED) is 0.624. The van der Waals surface area contributed by atoms with Gasteiger partial charge in [-0.15, -0.1) is 0 Å². The van der Waals surface area contributed by atoms with E-state index in [4.69, 9.17) is 0 Å². The maximum atomic E-state index is 12.5. The van der Waals surface area contributed by atoms with Crippen molar-refractivity contribution in [3.05, 3.63) is 71.8 Å². The van der Waals surface area contributed by atoms with E-state index in [9.17, 15) is 4.79 Å². The Morgan fingerprint density at radius 3 is 1.96 bits per heavy atom. The van der Waals surface area contributed by atoms with Crippen LogP contribution in [0.1, 0.15) is 63.0 Å². The minimum absolute atomic E-state index is 0.107. The van der Waals surface area contributed by atoms with Gasteiger partial charge in [0.05, 0.1) is 0 Å². The first-order chi connectivity index (χ1) is 11.7. The van der Waals surface area contributed by atoms with Gasteiger partial charge in [0.25, 0.3) is 0 Å². The number of hydrogen-bond donors (Lipinski definition) is 1. The molecular weight excluding hydrogens is 294 g/mol. The third-order valence-electron chi connectivity index (χ3n) is 4.44. The van der Waals surface area contributed by atoms with Gasteiger partial charge < -0.3 is 5.32 Å². The summed E-state index contributed by atoms with van der Waals surface area (Å²) in [6.45, 7) is 4.31. The van der Waals surface area contributed by atoms with Gasteiger partial charge in [-0.1, -0.05) is 86.8 Å². The van der Waals surface area contributed by atoms with Crippen molar-refractivity contribution in [1.29, 1.82) is 0 Å². The van der Waals surface area contributed by atoms with Crippen molar-refractivity contribution in [1.82, 2.24) is 5.32 Å². The fourth-order valence-electron chi connectivity index (χ4n) is 3.09. The molecule has 0 heterocycles. The second kappa shape index (κ2) is 9.92. The lowest BCUT2D eigenvalue weighted by Gasteiger charge is -2.20. The van der Waals surface area contributed by atoms with Crippen LogP contribution in [0.3, 0.4) is 0 Å². The van der Waals surface area contributed by atoms with Crippen LogP contribution in [0.4, 0.5) is 0 Å². The molecule has 2 aromatic rings. The molecule has 128 valence electrons. The van der Waals surface area contributed by atoms with E-state index in [2.05, 4.69) is 43.4 Å². The van der Waals surface area contributed by atoms with Crippen molar-refractivity contribution in [2.24, 2.45) is 0 Å².